The van der Waals surface area contributed by atoms with E-state index in [-0.39, 0.29) is 6.04 Å². The highest BCUT2D eigenvalue weighted by atomic mass is 15.1. The molecule has 0 fully saturated rings. The SMILES string of the molecule is CN(CC(N)CN)c1ccc2c(c1)CCC2. The van der Waals surface area contributed by atoms with Crippen molar-refractivity contribution in [3.8, 4) is 0 Å². The first-order valence-corrected chi connectivity index (χ1v) is 5.99. The first kappa shape index (κ1) is 11.4. The molecule has 0 amide bonds. The predicted molar refractivity (Wildman–Crippen MR) is 68.8 cm³/mol. The van der Waals surface area contributed by atoms with Gasteiger partial charge in [-0.15, -0.1) is 0 Å². The Labute approximate surface area is 97.4 Å². The zero-order valence-corrected chi connectivity index (χ0v) is 9.95. The molecule has 1 aromatic carbocycles. The molecule has 2 rings (SSSR count). The fourth-order valence-corrected chi connectivity index (χ4v) is 2.33. The molecular weight excluding hydrogens is 198 g/mol. The molecule has 0 spiro atoms. The topological polar surface area (TPSA) is 55.3 Å². The van der Waals surface area contributed by atoms with Gasteiger partial charge in [0, 0.05) is 31.9 Å². The molecule has 0 heterocycles. The summed E-state index contributed by atoms with van der Waals surface area (Å²) in [6.45, 7) is 1.35. The lowest BCUT2D eigenvalue weighted by molar-refractivity contribution is 0.668. The highest BCUT2D eigenvalue weighted by molar-refractivity contribution is 5.51. The fourth-order valence-electron chi connectivity index (χ4n) is 2.33. The van der Waals surface area contributed by atoms with Crippen LogP contribution in [0.2, 0.25) is 0 Å². The van der Waals surface area contributed by atoms with Crippen molar-refractivity contribution in [2.75, 3.05) is 25.0 Å². The third-order valence-electron chi connectivity index (χ3n) is 3.33. The van der Waals surface area contributed by atoms with Crippen LogP contribution in [-0.4, -0.2) is 26.2 Å². The number of nitrogens with zero attached hydrogens (tertiary/aromatic N) is 1. The Bertz CT molecular complexity index is 362. The van der Waals surface area contributed by atoms with Crippen LogP contribution in [0.3, 0.4) is 0 Å². The van der Waals surface area contributed by atoms with Gasteiger partial charge in [-0.25, -0.2) is 0 Å². The Morgan fingerprint density at radius 3 is 2.81 bits per heavy atom. The summed E-state index contributed by atoms with van der Waals surface area (Å²) in [5.41, 5.74) is 15.7. The van der Waals surface area contributed by atoms with Gasteiger partial charge in [-0.1, -0.05) is 6.07 Å². The molecule has 1 aliphatic rings. The number of hydrogen-bond acceptors (Lipinski definition) is 3. The molecule has 0 saturated carbocycles. The van der Waals surface area contributed by atoms with Crippen LogP contribution in [0, 0.1) is 0 Å². The van der Waals surface area contributed by atoms with Crippen molar-refractivity contribution in [3.63, 3.8) is 0 Å². The lowest BCUT2D eigenvalue weighted by Gasteiger charge is -2.23. The maximum atomic E-state index is 5.86. The van der Waals surface area contributed by atoms with Crippen molar-refractivity contribution >= 4 is 5.69 Å². The number of anilines is 1. The molecule has 16 heavy (non-hydrogen) atoms. The van der Waals surface area contributed by atoms with Gasteiger partial charge in [0.15, 0.2) is 0 Å². The van der Waals surface area contributed by atoms with Gasteiger partial charge in [-0.2, -0.15) is 0 Å². The molecule has 3 nitrogen and oxygen atoms in total. The third kappa shape index (κ3) is 2.36. The average Bonchev–Trinajstić information content (AvgIpc) is 2.75. The summed E-state index contributed by atoms with van der Waals surface area (Å²) in [6.07, 6.45) is 3.76. The van der Waals surface area contributed by atoms with Crippen molar-refractivity contribution in [2.45, 2.75) is 25.3 Å². The summed E-state index contributed by atoms with van der Waals surface area (Å²) in [4.78, 5) is 2.19. The summed E-state index contributed by atoms with van der Waals surface area (Å²) >= 11 is 0. The van der Waals surface area contributed by atoms with Gasteiger partial charge in [0.1, 0.15) is 0 Å². The predicted octanol–water partition coefficient (Wildman–Crippen LogP) is 0.897. The summed E-state index contributed by atoms with van der Waals surface area (Å²) in [7, 11) is 2.08. The standard InChI is InChI=1S/C13H21N3/c1-16(9-12(15)8-14)13-6-5-10-3-2-4-11(10)7-13/h5-7,12H,2-4,8-9,14-15H2,1H3. The second-order valence-corrected chi connectivity index (χ2v) is 4.68. The van der Waals surface area contributed by atoms with Crippen molar-refractivity contribution in [1.82, 2.24) is 0 Å². The quantitative estimate of drug-likeness (QED) is 0.791. The van der Waals surface area contributed by atoms with Crippen LogP contribution in [0.25, 0.3) is 0 Å². The zero-order valence-electron chi connectivity index (χ0n) is 9.95. The van der Waals surface area contributed by atoms with E-state index in [0.29, 0.717) is 6.54 Å². The van der Waals surface area contributed by atoms with E-state index in [1.165, 1.54) is 36.1 Å². The average molecular weight is 219 g/mol. The van der Waals surface area contributed by atoms with Gasteiger partial charge < -0.3 is 16.4 Å². The second-order valence-electron chi connectivity index (χ2n) is 4.68. The highest BCUT2D eigenvalue weighted by Gasteiger charge is 2.13. The van der Waals surface area contributed by atoms with E-state index in [1.807, 2.05) is 0 Å². The third-order valence-corrected chi connectivity index (χ3v) is 3.33. The Hall–Kier alpha value is -1.06. The minimum absolute atomic E-state index is 0.0539. The van der Waals surface area contributed by atoms with Gasteiger partial charge >= 0.3 is 0 Å². The summed E-state index contributed by atoms with van der Waals surface area (Å²) in [6, 6.07) is 6.79. The Morgan fingerprint density at radius 1 is 1.31 bits per heavy atom. The molecule has 0 bridgehead atoms. The van der Waals surface area contributed by atoms with Crippen LogP contribution in [0.15, 0.2) is 18.2 Å². The van der Waals surface area contributed by atoms with E-state index >= 15 is 0 Å². The molecule has 88 valence electrons. The molecule has 0 aliphatic heterocycles. The molecule has 1 aromatic rings. The van der Waals surface area contributed by atoms with E-state index < -0.39 is 0 Å². The summed E-state index contributed by atoms with van der Waals surface area (Å²) in [5, 5.41) is 0. The number of aryl methyl sites for hydroxylation is 2. The Morgan fingerprint density at radius 2 is 2.06 bits per heavy atom. The summed E-state index contributed by atoms with van der Waals surface area (Å²) < 4.78 is 0. The van der Waals surface area contributed by atoms with Crippen molar-refractivity contribution in [3.05, 3.63) is 29.3 Å². The van der Waals surface area contributed by atoms with Gasteiger partial charge in [0.05, 0.1) is 0 Å². The Kier molecular flexibility index (Phi) is 3.46. The molecule has 1 aliphatic carbocycles. The normalized spacial score (nSPS) is 15.9. The maximum absolute atomic E-state index is 5.86. The molecule has 0 radical (unpaired) electrons. The molecule has 1 unspecified atom stereocenters. The number of hydrogen-bond donors (Lipinski definition) is 2. The van der Waals surface area contributed by atoms with Gasteiger partial charge in [0.25, 0.3) is 0 Å². The lowest BCUT2D eigenvalue weighted by Crippen LogP contribution is -2.40. The number of fused-ring (bicyclic) bond motifs is 1. The highest BCUT2D eigenvalue weighted by Crippen LogP contribution is 2.26. The molecule has 0 saturated heterocycles. The molecule has 0 aromatic heterocycles. The largest absolute Gasteiger partial charge is 0.373 e. The zero-order chi connectivity index (χ0) is 11.5. The monoisotopic (exact) mass is 219 g/mol. The number of benzene rings is 1. The van der Waals surface area contributed by atoms with E-state index in [2.05, 4.69) is 30.1 Å². The molecule has 4 N–H and O–H groups in total. The second kappa shape index (κ2) is 4.85. The number of rotatable bonds is 4. The van der Waals surface area contributed by atoms with Crippen molar-refractivity contribution < 1.29 is 0 Å². The molecule has 3 heteroatoms. The van der Waals surface area contributed by atoms with Crippen LogP contribution in [0.1, 0.15) is 17.5 Å². The van der Waals surface area contributed by atoms with Crippen molar-refractivity contribution in [1.29, 1.82) is 0 Å². The van der Waals surface area contributed by atoms with Gasteiger partial charge in [-0.3, -0.25) is 0 Å². The molecule has 1 atom stereocenters. The Balaban J connectivity index is 2.09. The number of likely N-dealkylation sites (N-methyl/N-ethyl adjacent to an activating group) is 1. The van der Waals surface area contributed by atoms with Crippen LogP contribution in [0.4, 0.5) is 5.69 Å². The van der Waals surface area contributed by atoms with Crippen molar-refractivity contribution in [2.24, 2.45) is 11.5 Å². The smallest absolute Gasteiger partial charge is 0.0367 e. The first-order chi connectivity index (χ1) is 7.70. The van der Waals surface area contributed by atoms with Crippen LogP contribution < -0.4 is 16.4 Å². The van der Waals surface area contributed by atoms with Gasteiger partial charge in [0.2, 0.25) is 0 Å². The van der Waals surface area contributed by atoms with Crippen LogP contribution in [0.5, 0.6) is 0 Å². The minimum atomic E-state index is 0.0539. The number of nitrogens with two attached hydrogens (primary N) is 2. The molecular formula is C13H21N3. The first-order valence-electron chi connectivity index (χ1n) is 5.99. The van der Waals surface area contributed by atoms with E-state index in [9.17, 15) is 0 Å². The maximum Gasteiger partial charge on any atom is 0.0367 e. The van der Waals surface area contributed by atoms with E-state index in [0.717, 1.165) is 6.54 Å². The lowest BCUT2D eigenvalue weighted by atomic mass is 10.1. The van der Waals surface area contributed by atoms with E-state index in [4.69, 9.17) is 11.5 Å². The fraction of sp³-hybridized carbons (Fsp3) is 0.538. The van der Waals surface area contributed by atoms with Crippen LogP contribution in [-0.2, 0) is 12.8 Å². The minimum Gasteiger partial charge on any atom is -0.373 e. The van der Waals surface area contributed by atoms with E-state index in [1.54, 1.807) is 0 Å². The van der Waals surface area contributed by atoms with Crippen LogP contribution >= 0.6 is 0 Å². The van der Waals surface area contributed by atoms with Gasteiger partial charge in [-0.05, 0) is 42.5 Å². The summed E-state index contributed by atoms with van der Waals surface area (Å²) in [5.74, 6) is 0.